The Labute approximate surface area is 200 Å². The number of nitrogens with two attached hydrogens (primary N) is 1. The molecular weight excluding hydrogens is 472 g/mol. The van der Waals surface area contributed by atoms with E-state index in [0.717, 1.165) is 24.3 Å². The van der Waals surface area contributed by atoms with E-state index in [1.54, 1.807) is 23.6 Å². The minimum absolute atomic E-state index is 0.0454. The molecule has 0 aromatic heterocycles. The summed E-state index contributed by atoms with van der Waals surface area (Å²) in [6.45, 7) is 5.88. The highest BCUT2D eigenvalue weighted by Crippen LogP contribution is 2.48. The molecule has 0 spiro atoms. The van der Waals surface area contributed by atoms with Crippen molar-refractivity contribution in [1.29, 1.82) is 0 Å². The lowest BCUT2D eigenvalue weighted by Gasteiger charge is -2.46. The number of β-lactam (4-membered cyclic amide) rings is 1. The van der Waals surface area contributed by atoms with Crippen molar-refractivity contribution in [3.8, 4) is 0 Å². The van der Waals surface area contributed by atoms with Crippen LogP contribution in [-0.2, 0) is 14.4 Å². The summed E-state index contributed by atoms with van der Waals surface area (Å²) in [5.74, 6) is -3.61. The number of rotatable bonds is 8. The molecule has 4 rings (SSSR count). The molecule has 4 aliphatic heterocycles. The summed E-state index contributed by atoms with van der Waals surface area (Å²) in [7, 11) is 0. The summed E-state index contributed by atoms with van der Waals surface area (Å²) in [4.78, 5) is 42.0. The second-order valence-electron chi connectivity index (χ2n) is 9.28. The number of nitrogens with one attached hydrogen (secondary N) is 2. The molecule has 3 fully saturated rings. The first-order valence-corrected chi connectivity index (χ1v) is 13.3. The van der Waals surface area contributed by atoms with Gasteiger partial charge < -0.3 is 26.2 Å². The van der Waals surface area contributed by atoms with E-state index < -0.39 is 17.7 Å². The monoisotopic (exact) mass is 503 g/mol. The van der Waals surface area contributed by atoms with E-state index in [0.29, 0.717) is 13.1 Å². The Balaban J connectivity index is 1.28. The van der Waals surface area contributed by atoms with Crippen LogP contribution in [0.15, 0.2) is 11.1 Å². The molecule has 0 radical (unpaired) electrons. The highest BCUT2D eigenvalue weighted by atomic mass is 32.2. The van der Waals surface area contributed by atoms with Crippen molar-refractivity contribution in [2.24, 2.45) is 17.6 Å². The molecule has 3 saturated heterocycles. The van der Waals surface area contributed by atoms with E-state index in [9.17, 15) is 23.2 Å². The predicted molar refractivity (Wildman–Crippen MR) is 124 cm³/mol. The number of nitrogens with zero attached hydrogens (tertiary/aromatic N) is 2. The molecule has 0 aromatic rings. The molecule has 4 aliphatic rings. The number of hydrogen-bond acceptors (Lipinski definition) is 7. The molecule has 0 aliphatic carbocycles. The lowest BCUT2D eigenvalue weighted by atomic mass is 9.78. The normalized spacial score (nSPS) is 34.4. The van der Waals surface area contributed by atoms with Crippen LogP contribution in [0.1, 0.15) is 26.7 Å². The van der Waals surface area contributed by atoms with Crippen LogP contribution >= 0.6 is 23.5 Å². The number of alkyl halides is 2. The van der Waals surface area contributed by atoms with Gasteiger partial charge in [0.05, 0.1) is 23.8 Å². The zero-order chi connectivity index (χ0) is 23.9. The highest BCUT2D eigenvalue weighted by molar-refractivity contribution is 8.03. The van der Waals surface area contributed by atoms with Gasteiger partial charge in [-0.3, -0.25) is 14.4 Å². The summed E-state index contributed by atoms with van der Waals surface area (Å²) in [5.41, 5.74) is 5.93. The number of amides is 3. The average Bonchev–Trinajstić information content (AvgIpc) is 3.46. The van der Waals surface area contributed by atoms with Crippen LogP contribution in [0.25, 0.3) is 0 Å². The van der Waals surface area contributed by atoms with Crippen LogP contribution < -0.4 is 16.4 Å². The van der Waals surface area contributed by atoms with Crippen LogP contribution in [0, 0.1) is 11.8 Å². The molecule has 33 heavy (non-hydrogen) atoms. The van der Waals surface area contributed by atoms with Gasteiger partial charge in [0, 0.05) is 54.0 Å². The summed E-state index contributed by atoms with van der Waals surface area (Å²) in [6, 6.07) is -0.601. The third-order valence-electron chi connectivity index (χ3n) is 6.95. The fourth-order valence-corrected chi connectivity index (χ4v) is 6.98. The Kier molecular flexibility index (Phi) is 7.56. The summed E-state index contributed by atoms with van der Waals surface area (Å²) in [5, 5.41) is 6.28. The number of thioether (sulfide) groups is 2. The van der Waals surface area contributed by atoms with E-state index in [4.69, 9.17) is 5.73 Å². The Morgan fingerprint density at radius 2 is 2.15 bits per heavy atom. The maximum atomic E-state index is 12.7. The van der Waals surface area contributed by atoms with Crippen molar-refractivity contribution in [1.82, 2.24) is 20.4 Å². The number of halogens is 2. The SMILES string of the molecule is C[C@@H](NC(=O)CSC(F)F)[C@H]1C(=O)N2C=C(S[C@@H]3CN[C@H](C(=O)N4CCC(N)C4)C3)[C@H](C)[C@H]12. The molecule has 0 bridgehead atoms. The maximum absolute atomic E-state index is 12.7. The van der Waals surface area contributed by atoms with Gasteiger partial charge >= 0.3 is 0 Å². The molecule has 1 unspecified atom stereocenters. The van der Waals surface area contributed by atoms with E-state index in [-0.39, 0.29) is 64.5 Å². The van der Waals surface area contributed by atoms with Crippen LogP contribution in [0.2, 0.25) is 0 Å². The molecule has 4 N–H and O–H groups in total. The van der Waals surface area contributed by atoms with Crippen LogP contribution in [0.4, 0.5) is 8.78 Å². The van der Waals surface area contributed by atoms with Crippen molar-refractivity contribution in [3.05, 3.63) is 11.1 Å². The molecule has 4 heterocycles. The summed E-state index contributed by atoms with van der Waals surface area (Å²) < 4.78 is 24.6. The predicted octanol–water partition coefficient (Wildman–Crippen LogP) is 0.788. The van der Waals surface area contributed by atoms with Crippen LogP contribution in [-0.4, -0.2) is 88.1 Å². The Morgan fingerprint density at radius 3 is 2.82 bits per heavy atom. The van der Waals surface area contributed by atoms with Gasteiger partial charge in [-0.1, -0.05) is 18.7 Å². The largest absolute Gasteiger partial charge is 0.352 e. The van der Waals surface area contributed by atoms with Gasteiger partial charge in [-0.15, -0.1) is 11.8 Å². The van der Waals surface area contributed by atoms with Gasteiger partial charge in [0.2, 0.25) is 17.7 Å². The number of fused-ring (bicyclic) bond motifs is 1. The van der Waals surface area contributed by atoms with Gasteiger partial charge in [-0.25, -0.2) is 0 Å². The number of carbonyl (C=O) groups is 3. The third kappa shape index (κ3) is 5.18. The molecular formula is C21H31F2N5O3S2. The molecule has 0 saturated carbocycles. The molecule has 3 amide bonds. The first-order valence-electron chi connectivity index (χ1n) is 11.3. The molecule has 7 atom stereocenters. The minimum atomic E-state index is -2.60. The standard InChI is InChI=1S/C21H31F2N5O3S2/c1-10-15(33-13-5-14(25-6-13)19(30)27-4-3-12(24)7-27)8-28-18(10)17(20(28)31)11(2)26-16(29)9-32-21(22)23/h8,10-14,17-18,21,25H,3-7,9,24H2,1-2H3,(H,26,29)/t10-,11+,12?,13-,14-,17+,18+/m0/s1. The van der Waals surface area contributed by atoms with E-state index >= 15 is 0 Å². The number of carbonyl (C=O) groups excluding carboxylic acids is 3. The molecule has 184 valence electrons. The fraction of sp³-hybridized carbons (Fsp3) is 0.762. The van der Waals surface area contributed by atoms with Crippen molar-refractivity contribution in [2.45, 2.75) is 61.9 Å². The van der Waals surface area contributed by atoms with Crippen LogP contribution in [0.5, 0.6) is 0 Å². The van der Waals surface area contributed by atoms with Crippen LogP contribution in [0.3, 0.4) is 0 Å². The minimum Gasteiger partial charge on any atom is -0.352 e. The van der Waals surface area contributed by atoms with Crippen molar-refractivity contribution in [2.75, 3.05) is 25.4 Å². The number of hydrogen-bond donors (Lipinski definition) is 3. The van der Waals surface area contributed by atoms with Crippen molar-refractivity contribution >= 4 is 41.2 Å². The first-order chi connectivity index (χ1) is 15.7. The Morgan fingerprint density at radius 1 is 1.39 bits per heavy atom. The van der Waals surface area contributed by atoms with E-state index in [2.05, 4.69) is 17.6 Å². The van der Waals surface area contributed by atoms with Gasteiger partial charge in [-0.2, -0.15) is 8.78 Å². The smallest absolute Gasteiger partial charge is 0.285 e. The Bertz CT molecular complexity index is 832. The zero-order valence-electron chi connectivity index (χ0n) is 18.7. The van der Waals surface area contributed by atoms with E-state index in [1.165, 1.54) is 0 Å². The lowest BCUT2D eigenvalue weighted by molar-refractivity contribution is -0.153. The highest BCUT2D eigenvalue weighted by Gasteiger charge is 2.56. The number of likely N-dealkylation sites (tertiary alicyclic amines) is 1. The van der Waals surface area contributed by atoms with Gasteiger partial charge in [0.25, 0.3) is 5.76 Å². The first kappa shape index (κ1) is 24.7. The maximum Gasteiger partial charge on any atom is 0.285 e. The summed E-state index contributed by atoms with van der Waals surface area (Å²) >= 11 is 1.99. The zero-order valence-corrected chi connectivity index (χ0v) is 20.3. The molecule has 0 aromatic carbocycles. The van der Waals surface area contributed by atoms with Crippen molar-refractivity contribution in [3.63, 3.8) is 0 Å². The molecule has 8 nitrogen and oxygen atoms in total. The second kappa shape index (κ2) is 10.1. The Hall–Kier alpha value is -1.37. The third-order valence-corrected chi connectivity index (χ3v) is 9.07. The average molecular weight is 504 g/mol. The van der Waals surface area contributed by atoms with Gasteiger partial charge in [0.15, 0.2) is 0 Å². The summed E-state index contributed by atoms with van der Waals surface area (Å²) in [6.07, 6.45) is 3.47. The molecule has 12 heteroatoms. The quantitative estimate of drug-likeness (QED) is 0.421. The lowest BCUT2D eigenvalue weighted by Crippen LogP contribution is -2.64. The van der Waals surface area contributed by atoms with Crippen molar-refractivity contribution < 1.29 is 23.2 Å². The second-order valence-corrected chi connectivity index (χ2v) is 11.6. The van der Waals surface area contributed by atoms with Gasteiger partial charge in [-0.05, 0) is 19.8 Å². The van der Waals surface area contributed by atoms with Gasteiger partial charge in [0.1, 0.15) is 0 Å². The fourth-order valence-electron chi connectivity index (χ4n) is 5.23. The topological polar surface area (TPSA) is 108 Å². The van der Waals surface area contributed by atoms with E-state index in [1.807, 2.05) is 11.1 Å².